The summed E-state index contributed by atoms with van der Waals surface area (Å²) in [6.45, 7) is 5.89. The smallest absolute Gasteiger partial charge is 0.322 e. The molecular formula is C22H28N2O3. The van der Waals surface area contributed by atoms with Crippen molar-refractivity contribution >= 4 is 11.7 Å². The minimum Gasteiger partial charge on any atom is -0.491 e. The third kappa shape index (κ3) is 5.73. The Balaban J connectivity index is 1.59. The standard InChI is InChI=1S/C22H28N2O3/c1-17-12-14-24(16-18(2)27-17)22(25)23-20-10-6-7-11-21(20)26-15-13-19-8-4-3-5-9-19/h3-11,17-18H,12-16H2,1-2H3,(H,23,25)/t17-,18+/m1/s1. The zero-order valence-corrected chi connectivity index (χ0v) is 16.1. The Labute approximate surface area is 161 Å². The first-order chi connectivity index (χ1) is 13.1. The summed E-state index contributed by atoms with van der Waals surface area (Å²) in [5.41, 5.74) is 1.92. The van der Waals surface area contributed by atoms with Gasteiger partial charge in [-0.2, -0.15) is 0 Å². The van der Waals surface area contributed by atoms with Gasteiger partial charge in [-0.1, -0.05) is 42.5 Å². The molecule has 2 aromatic carbocycles. The van der Waals surface area contributed by atoms with Gasteiger partial charge in [0.25, 0.3) is 0 Å². The van der Waals surface area contributed by atoms with Crippen molar-refractivity contribution in [3.8, 4) is 5.75 Å². The molecule has 0 unspecified atom stereocenters. The molecule has 144 valence electrons. The van der Waals surface area contributed by atoms with Crippen molar-refractivity contribution in [2.75, 3.05) is 25.0 Å². The largest absolute Gasteiger partial charge is 0.491 e. The molecule has 2 atom stereocenters. The lowest BCUT2D eigenvalue weighted by Gasteiger charge is -2.23. The quantitative estimate of drug-likeness (QED) is 0.854. The molecule has 2 amide bonds. The number of carbonyl (C=O) groups excluding carboxylic acids is 1. The van der Waals surface area contributed by atoms with E-state index in [1.165, 1.54) is 5.56 Å². The van der Waals surface area contributed by atoms with Gasteiger partial charge >= 0.3 is 6.03 Å². The Morgan fingerprint density at radius 3 is 2.67 bits per heavy atom. The van der Waals surface area contributed by atoms with Crippen LogP contribution >= 0.6 is 0 Å². The van der Waals surface area contributed by atoms with Gasteiger partial charge in [-0.05, 0) is 38.0 Å². The van der Waals surface area contributed by atoms with Crippen LogP contribution in [0.1, 0.15) is 25.8 Å². The highest BCUT2D eigenvalue weighted by Gasteiger charge is 2.23. The lowest BCUT2D eigenvalue weighted by molar-refractivity contribution is 0.0162. The van der Waals surface area contributed by atoms with Crippen molar-refractivity contribution < 1.29 is 14.3 Å². The van der Waals surface area contributed by atoms with Crippen LogP contribution in [0.4, 0.5) is 10.5 Å². The first-order valence-corrected chi connectivity index (χ1v) is 9.59. The molecule has 1 aliphatic heterocycles. The zero-order valence-electron chi connectivity index (χ0n) is 16.1. The maximum absolute atomic E-state index is 12.7. The SMILES string of the molecule is C[C@@H]1CCN(C(=O)Nc2ccccc2OCCc2ccccc2)C[C@H](C)O1. The number of hydrogen-bond acceptors (Lipinski definition) is 3. The van der Waals surface area contributed by atoms with Gasteiger partial charge in [0.15, 0.2) is 0 Å². The molecule has 1 N–H and O–H groups in total. The third-order valence-electron chi connectivity index (χ3n) is 4.65. The highest BCUT2D eigenvalue weighted by atomic mass is 16.5. The predicted molar refractivity (Wildman–Crippen MR) is 107 cm³/mol. The molecule has 1 saturated heterocycles. The van der Waals surface area contributed by atoms with Crippen LogP contribution in [0, 0.1) is 0 Å². The molecular weight excluding hydrogens is 340 g/mol. The molecule has 0 aromatic heterocycles. The molecule has 0 spiro atoms. The number of nitrogens with zero attached hydrogens (tertiary/aromatic N) is 1. The van der Waals surface area contributed by atoms with E-state index in [-0.39, 0.29) is 18.2 Å². The number of amides is 2. The van der Waals surface area contributed by atoms with Gasteiger partial charge < -0.3 is 19.7 Å². The topological polar surface area (TPSA) is 50.8 Å². The summed E-state index contributed by atoms with van der Waals surface area (Å²) < 4.78 is 11.7. The van der Waals surface area contributed by atoms with Crippen molar-refractivity contribution in [1.29, 1.82) is 0 Å². The van der Waals surface area contributed by atoms with E-state index in [0.717, 1.165) is 12.8 Å². The highest BCUT2D eigenvalue weighted by Crippen LogP contribution is 2.25. The molecule has 0 bridgehead atoms. The van der Waals surface area contributed by atoms with Gasteiger partial charge in [-0.25, -0.2) is 4.79 Å². The number of benzene rings is 2. The molecule has 5 nitrogen and oxygen atoms in total. The van der Waals surface area contributed by atoms with Crippen molar-refractivity contribution in [1.82, 2.24) is 4.90 Å². The molecule has 5 heteroatoms. The number of ether oxygens (including phenoxy) is 2. The van der Waals surface area contributed by atoms with Crippen LogP contribution in [0.3, 0.4) is 0 Å². The molecule has 0 saturated carbocycles. The van der Waals surface area contributed by atoms with Crippen molar-refractivity contribution in [2.45, 2.75) is 38.9 Å². The second kappa shape index (κ2) is 9.42. The zero-order chi connectivity index (χ0) is 19.1. The van der Waals surface area contributed by atoms with Gasteiger partial charge in [0.2, 0.25) is 0 Å². The summed E-state index contributed by atoms with van der Waals surface area (Å²) in [6.07, 6.45) is 1.87. The van der Waals surface area contributed by atoms with Crippen molar-refractivity contribution in [3.63, 3.8) is 0 Å². The molecule has 1 fully saturated rings. The number of rotatable bonds is 5. The normalized spacial score (nSPS) is 20.0. The first-order valence-electron chi connectivity index (χ1n) is 9.59. The lowest BCUT2D eigenvalue weighted by Crippen LogP contribution is -2.39. The van der Waals surface area contributed by atoms with Crippen LogP contribution in [0.15, 0.2) is 54.6 Å². The molecule has 27 heavy (non-hydrogen) atoms. The number of urea groups is 1. The molecule has 0 aliphatic carbocycles. The third-order valence-corrected chi connectivity index (χ3v) is 4.65. The molecule has 0 radical (unpaired) electrons. The van der Waals surface area contributed by atoms with Gasteiger partial charge in [-0.15, -0.1) is 0 Å². The fourth-order valence-electron chi connectivity index (χ4n) is 3.24. The average molecular weight is 368 g/mol. The second-order valence-electron chi connectivity index (χ2n) is 7.00. The Morgan fingerprint density at radius 2 is 1.85 bits per heavy atom. The van der Waals surface area contributed by atoms with E-state index in [9.17, 15) is 4.79 Å². The van der Waals surface area contributed by atoms with Crippen LogP contribution in [-0.4, -0.2) is 42.8 Å². The minimum absolute atomic E-state index is 0.0330. The summed E-state index contributed by atoms with van der Waals surface area (Å²) in [5.74, 6) is 0.689. The Kier molecular flexibility index (Phi) is 6.71. The van der Waals surface area contributed by atoms with Gasteiger partial charge in [0, 0.05) is 19.5 Å². The number of hydrogen-bond donors (Lipinski definition) is 1. The van der Waals surface area contributed by atoms with E-state index < -0.39 is 0 Å². The van der Waals surface area contributed by atoms with Crippen LogP contribution in [0.25, 0.3) is 0 Å². The van der Waals surface area contributed by atoms with Crippen molar-refractivity contribution in [2.24, 2.45) is 0 Å². The average Bonchev–Trinajstić information content (AvgIpc) is 2.84. The number of nitrogens with one attached hydrogen (secondary N) is 1. The maximum Gasteiger partial charge on any atom is 0.322 e. The van der Waals surface area contributed by atoms with Crippen LogP contribution < -0.4 is 10.1 Å². The van der Waals surface area contributed by atoms with E-state index in [1.54, 1.807) is 0 Å². The summed E-state index contributed by atoms with van der Waals surface area (Å²) >= 11 is 0. The fourth-order valence-corrected chi connectivity index (χ4v) is 3.24. The van der Waals surface area contributed by atoms with Gasteiger partial charge in [-0.3, -0.25) is 0 Å². The predicted octanol–water partition coefficient (Wildman–Crippen LogP) is 4.34. The van der Waals surface area contributed by atoms with Gasteiger partial charge in [0.05, 0.1) is 24.5 Å². The number of para-hydroxylation sites is 2. The van der Waals surface area contributed by atoms with Crippen LogP contribution in [0.2, 0.25) is 0 Å². The van der Waals surface area contributed by atoms with Crippen LogP contribution in [-0.2, 0) is 11.2 Å². The molecule has 1 heterocycles. The van der Waals surface area contributed by atoms with E-state index in [2.05, 4.69) is 17.4 Å². The Bertz CT molecular complexity index is 735. The second-order valence-corrected chi connectivity index (χ2v) is 7.00. The van der Waals surface area contributed by atoms with E-state index in [4.69, 9.17) is 9.47 Å². The lowest BCUT2D eigenvalue weighted by atomic mass is 10.2. The summed E-state index contributed by atoms with van der Waals surface area (Å²) in [7, 11) is 0. The molecule has 1 aliphatic rings. The fraction of sp³-hybridized carbons (Fsp3) is 0.409. The molecule has 2 aromatic rings. The summed E-state index contributed by atoms with van der Waals surface area (Å²) in [5, 5.41) is 3.00. The summed E-state index contributed by atoms with van der Waals surface area (Å²) in [6, 6.07) is 17.7. The Hall–Kier alpha value is -2.53. The Morgan fingerprint density at radius 1 is 1.11 bits per heavy atom. The van der Waals surface area contributed by atoms with Crippen molar-refractivity contribution in [3.05, 3.63) is 60.2 Å². The van der Waals surface area contributed by atoms with E-state index in [1.807, 2.05) is 61.2 Å². The summed E-state index contributed by atoms with van der Waals surface area (Å²) in [4.78, 5) is 14.5. The van der Waals surface area contributed by atoms with Gasteiger partial charge in [0.1, 0.15) is 5.75 Å². The minimum atomic E-state index is -0.112. The molecule has 3 rings (SSSR count). The van der Waals surface area contributed by atoms with E-state index in [0.29, 0.717) is 31.1 Å². The first kappa shape index (κ1) is 19.2. The highest BCUT2D eigenvalue weighted by molar-refractivity contribution is 5.91. The van der Waals surface area contributed by atoms with E-state index >= 15 is 0 Å². The monoisotopic (exact) mass is 368 g/mol. The van der Waals surface area contributed by atoms with Crippen LogP contribution in [0.5, 0.6) is 5.75 Å². The maximum atomic E-state index is 12.7. The number of anilines is 1. The number of carbonyl (C=O) groups is 1.